The second kappa shape index (κ2) is 13.8. The van der Waals surface area contributed by atoms with Crippen LogP contribution in [0, 0.1) is 0 Å². The molecule has 3 aromatic rings. The first-order valence-electron chi connectivity index (χ1n) is 11.1. The number of benzene rings is 2. The van der Waals surface area contributed by atoms with Crippen molar-refractivity contribution in [3.63, 3.8) is 0 Å². The average Bonchev–Trinajstić information content (AvgIpc) is 3.26. The number of ether oxygens (including phenoxy) is 1. The maximum atomic E-state index is 10.6. The highest BCUT2D eigenvalue weighted by Gasteiger charge is 2.10. The van der Waals surface area contributed by atoms with E-state index in [-0.39, 0.29) is 36.6 Å². The first kappa shape index (κ1) is 26.7. The highest BCUT2D eigenvalue weighted by molar-refractivity contribution is 14.0. The quantitative estimate of drug-likeness (QED) is 0.197. The van der Waals surface area contributed by atoms with Crippen molar-refractivity contribution in [3.05, 3.63) is 78.1 Å². The number of halogens is 1. The number of aliphatic hydroxyl groups is 1. The summed E-state index contributed by atoms with van der Waals surface area (Å²) >= 11 is 0. The van der Waals surface area contributed by atoms with Gasteiger partial charge >= 0.3 is 0 Å². The van der Waals surface area contributed by atoms with E-state index in [9.17, 15) is 5.11 Å². The van der Waals surface area contributed by atoms with Crippen LogP contribution in [0.1, 0.15) is 38.0 Å². The Bertz CT molecular complexity index is 991. The molecule has 1 unspecified atom stereocenters. The van der Waals surface area contributed by atoms with Gasteiger partial charge in [-0.3, -0.25) is 4.99 Å². The summed E-state index contributed by atoms with van der Waals surface area (Å²) in [6, 6.07) is 17.6. The Kier molecular flexibility index (Phi) is 11.2. The smallest absolute Gasteiger partial charge is 0.191 e. The highest BCUT2D eigenvalue weighted by Crippen LogP contribution is 2.20. The Morgan fingerprint density at radius 2 is 1.91 bits per heavy atom. The van der Waals surface area contributed by atoms with E-state index in [0.29, 0.717) is 12.5 Å². The van der Waals surface area contributed by atoms with Crippen LogP contribution in [0.25, 0.3) is 5.69 Å². The van der Waals surface area contributed by atoms with E-state index >= 15 is 0 Å². The molecule has 0 radical (unpaired) electrons. The monoisotopic (exact) mass is 563 g/mol. The molecule has 0 saturated heterocycles. The van der Waals surface area contributed by atoms with Crippen LogP contribution >= 0.6 is 24.0 Å². The van der Waals surface area contributed by atoms with Crippen molar-refractivity contribution in [1.29, 1.82) is 0 Å². The minimum atomic E-state index is -0.703. The largest absolute Gasteiger partial charge is 0.491 e. The summed E-state index contributed by atoms with van der Waals surface area (Å²) in [6.07, 6.45) is 4.12. The molecule has 0 aliphatic heterocycles. The first-order valence-corrected chi connectivity index (χ1v) is 11.1. The summed E-state index contributed by atoms with van der Waals surface area (Å²) in [5.74, 6) is 1.43. The minimum absolute atomic E-state index is 0. The van der Waals surface area contributed by atoms with Gasteiger partial charge in [0.2, 0.25) is 0 Å². The number of rotatable bonds is 10. The molecular weight excluding hydrogens is 529 g/mol. The molecule has 8 heteroatoms. The van der Waals surface area contributed by atoms with E-state index in [1.165, 1.54) is 0 Å². The third-order valence-electron chi connectivity index (χ3n) is 4.74. The Balaban J connectivity index is 0.00000385. The molecule has 0 saturated carbocycles. The number of guanidine groups is 1. The number of nitrogens with one attached hydrogen (secondary N) is 2. The van der Waals surface area contributed by atoms with Crippen LogP contribution in [0.3, 0.4) is 0 Å². The fourth-order valence-corrected chi connectivity index (χ4v) is 3.23. The zero-order chi connectivity index (χ0) is 22.8. The number of aromatic nitrogens is 2. The van der Waals surface area contributed by atoms with Gasteiger partial charge in [0.1, 0.15) is 5.75 Å². The first-order chi connectivity index (χ1) is 15.5. The molecule has 33 heavy (non-hydrogen) atoms. The normalized spacial score (nSPS) is 12.2. The van der Waals surface area contributed by atoms with Gasteiger partial charge in [0.05, 0.1) is 30.6 Å². The predicted molar refractivity (Wildman–Crippen MR) is 144 cm³/mol. The van der Waals surface area contributed by atoms with E-state index in [0.717, 1.165) is 35.5 Å². The molecule has 178 valence electrons. The van der Waals surface area contributed by atoms with Crippen molar-refractivity contribution >= 4 is 29.9 Å². The number of nitrogens with zero attached hydrogens (tertiary/aromatic N) is 3. The summed E-state index contributed by atoms with van der Waals surface area (Å²) in [4.78, 5) is 4.55. The van der Waals surface area contributed by atoms with Crippen LogP contribution in [0.2, 0.25) is 0 Å². The summed E-state index contributed by atoms with van der Waals surface area (Å²) in [7, 11) is 0. The lowest BCUT2D eigenvalue weighted by Gasteiger charge is -2.15. The fourth-order valence-electron chi connectivity index (χ4n) is 3.23. The lowest BCUT2D eigenvalue weighted by Crippen LogP contribution is -2.38. The van der Waals surface area contributed by atoms with Gasteiger partial charge < -0.3 is 20.5 Å². The zero-order valence-electron chi connectivity index (χ0n) is 19.4. The Morgan fingerprint density at radius 1 is 1.12 bits per heavy atom. The second-order valence-electron chi connectivity index (χ2n) is 7.78. The van der Waals surface area contributed by atoms with Crippen LogP contribution in [0.4, 0.5) is 0 Å². The fraction of sp³-hybridized carbons (Fsp3) is 0.360. The Morgan fingerprint density at radius 3 is 2.64 bits per heavy atom. The van der Waals surface area contributed by atoms with E-state index in [1.807, 2.05) is 92.4 Å². The molecule has 7 nitrogen and oxygen atoms in total. The minimum Gasteiger partial charge on any atom is -0.491 e. The molecule has 0 amide bonds. The highest BCUT2D eigenvalue weighted by atomic mass is 127. The van der Waals surface area contributed by atoms with Crippen LogP contribution in [-0.2, 0) is 6.42 Å². The number of para-hydroxylation sites is 1. The summed E-state index contributed by atoms with van der Waals surface area (Å²) in [6.45, 7) is 7.69. The van der Waals surface area contributed by atoms with E-state index < -0.39 is 6.10 Å². The molecule has 0 aliphatic rings. The van der Waals surface area contributed by atoms with Crippen molar-refractivity contribution in [2.75, 3.05) is 19.6 Å². The number of aliphatic imine (C=N–C) groups is 1. The predicted octanol–water partition coefficient (Wildman–Crippen LogP) is 4.11. The molecule has 0 spiro atoms. The molecule has 0 bridgehead atoms. The molecule has 3 N–H and O–H groups in total. The average molecular weight is 563 g/mol. The van der Waals surface area contributed by atoms with Crippen LogP contribution in [0.15, 0.2) is 72.0 Å². The molecule has 1 heterocycles. The van der Waals surface area contributed by atoms with Crippen molar-refractivity contribution in [3.8, 4) is 11.4 Å². The third kappa shape index (κ3) is 8.70. The van der Waals surface area contributed by atoms with E-state index in [2.05, 4.69) is 20.7 Å². The molecule has 3 rings (SSSR count). The number of hydrogen-bond acceptors (Lipinski definition) is 4. The lowest BCUT2D eigenvalue weighted by molar-refractivity contribution is 0.185. The van der Waals surface area contributed by atoms with Crippen molar-refractivity contribution < 1.29 is 9.84 Å². The summed E-state index contributed by atoms with van der Waals surface area (Å²) in [5, 5.41) is 21.6. The topological polar surface area (TPSA) is 83.7 Å². The van der Waals surface area contributed by atoms with E-state index in [1.54, 1.807) is 0 Å². The molecule has 0 aliphatic carbocycles. The van der Waals surface area contributed by atoms with Crippen molar-refractivity contribution in [2.45, 2.75) is 39.4 Å². The molecule has 0 fully saturated rings. The van der Waals surface area contributed by atoms with Crippen LogP contribution in [0.5, 0.6) is 5.75 Å². The van der Waals surface area contributed by atoms with Crippen LogP contribution < -0.4 is 15.4 Å². The Labute approximate surface area is 213 Å². The van der Waals surface area contributed by atoms with E-state index in [4.69, 9.17) is 4.74 Å². The van der Waals surface area contributed by atoms with Gasteiger partial charge in [0.15, 0.2) is 5.96 Å². The summed E-state index contributed by atoms with van der Waals surface area (Å²) < 4.78 is 7.59. The number of hydrogen-bond donors (Lipinski definition) is 3. The maximum absolute atomic E-state index is 10.6. The number of aliphatic hydroxyl groups excluding tert-OH is 1. The van der Waals surface area contributed by atoms with Crippen molar-refractivity contribution in [1.82, 2.24) is 20.4 Å². The lowest BCUT2D eigenvalue weighted by atomic mass is 10.1. The standard InChI is InChI=1S/C25H33N5O2.HI/c1-4-26-25(28-17-24(31)21-9-8-12-23(15-21)32-19(2)3)27-14-13-20-16-29-30(18-20)22-10-6-5-7-11-22;/h5-12,15-16,18-19,24,31H,4,13-14,17H2,1-3H3,(H2,26,27,28);1H. The van der Waals surface area contributed by atoms with Gasteiger partial charge in [-0.15, -0.1) is 24.0 Å². The van der Waals surface area contributed by atoms with Gasteiger partial charge in [-0.1, -0.05) is 30.3 Å². The molecule has 1 aromatic heterocycles. The SMILES string of the molecule is CCNC(=NCC(O)c1cccc(OC(C)C)c1)NCCc1cnn(-c2ccccc2)c1.I. The van der Waals surface area contributed by atoms with Gasteiger partial charge in [0, 0.05) is 19.3 Å². The second-order valence-corrected chi connectivity index (χ2v) is 7.78. The third-order valence-corrected chi connectivity index (χ3v) is 4.74. The van der Waals surface area contributed by atoms with Gasteiger partial charge in [-0.05, 0) is 62.6 Å². The zero-order valence-corrected chi connectivity index (χ0v) is 21.8. The van der Waals surface area contributed by atoms with Crippen LogP contribution in [-0.4, -0.2) is 46.6 Å². The molecule has 2 aromatic carbocycles. The van der Waals surface area contributed by atoms with Gasteiger partial charge in [-0.25, -0.2) is 4.68 Å². The molecular formula is C25H34IN5O2. The van der Waals surface area contributed by atoms with Gasteiger partial charge in [0.25, 0.3) is 0 Å². The maximum Gasteiger partial charge on any atom is 0.191 e. The Hall–Kier alpha value is -2.59. The van der Waals surface area contributed by atoms with Crippen molar-refractivity contribution in [2.24, 2.45) is 4.99 Å². The molecule has 1 atom stereocenters. The summed E-state index contributed by atoms with van der Waals surface area (Å²) in [5.41, 5.74) is 2.97. The van der Waals surface area contributed by atoms with Gasteiger partial charge in [-0.2, -0.15) is 5.10 Å².